The molecule has 0 bridgehead atoms. The van der Waals surface area contributed by atoms with Crippen LogP contribution in [-0.2, 0) is 26.0 Å². The summed E-state index contributed by atoms with van der Waals surface area (Å²) in [6.45, 7) is 3.78. The Kier molecular flexibility index (Phi) is 6.81. The first-order valence-electron chi connectivity index (χ1n) is 11.1. The summed E-state index contributed by atoms with van der Waals surface area (Å²) in [6, 6.07) is 12.7. The number of nitrogens with zero attached hydrogens (tertiary/aromatic N) is 3. The number of anilines is 1. The third-order valence-electron chi connectivity index (χ3n) is 6.27. The fraction of sp³-hybridized carbons (Fsp3) is 0.417. The van der Waals surface area contributed by atoms with E-state index in [-0.39, 0.29) is 24.1 Å². The Hall–Kier alpha value is -2.78. The summed E-state index contributed by atoms with van der Waals surface area (Å²) >= 11 is 0. The maximum absolute atomic E-state index is 13.2. The van der Waals surface area contributed by atoms with Gasteiger partial charge in [-0.15, -0.1) is 0 Å². The van der Waals surface area contributed by atoms with Gasteiger partial charge in [0.05, 0.1) is 10.8 Å². The van der Waals surface area contributed by atoms with E-state index in [1.807, 2.05) is 17.0 Å². The molecular formula is C24H28FN3O4S. The Labute approximate surface area is 193 Å². The molecule has 1 atom stereocenters. The molecule has 0 aromatic heterocycles. The number of amides is 2. The molecule has 2 aliphatic rings. The third kappa shape index (κ3) is 5.59. The number of carbonyl (C=O) groups excluding carboxylic acids is 2. The molecule has 2 amide bonds. The van der Waals surface area contributed by atoms with Gasteiger partial charge in [0.2, 0.25) is 11.8 Å². The molecule has 2 fully saturated rings. The molecule has 176 valence electrons. The standard InChI is InChI=1S/C24H28FN3O4S/c1-33(31,32)22-9-3-18(4-10-22)16-26-11-2-12-27(14-13-26)24(30)19-15-23(29)28(17-19)21-7-5-20(25)6-8-21/h3-10,19H,2,11-17H2,1H3. The number of rotatable bonds is 5. The quantitative estimate of drug-likeness (QED) is 0.666. The van der Waals surface area contributed by atoms with Crippen molar-refractivity contribution in [2.24, 2.45) is 5.92 Å². The Morgan fingerprint density at radius 3 is 2.36 bits per heavy atom. The smallest absolute Gasteiger partial charge is 0.228 e. The molecule has 2 aromatic carbocycles. The van der Waals surface area contributed by atoms with Gasteiger partial charge in [-0.25, -0.2) is 12.8 Å². The fourth-order valence-corrected chi connectivity index (χ4v) is 5.08. The van der Waals surface area contributed by atoms with Gasteiger partial charge in [-0.1, -0.05) is 12.1 Å². The lowest BCUT2D eigenvalue weighted by molar-refractivity contribution is -0.135. The van der Waals surface area contributed by atoms with Gasteiger partial charge in [-0.05, 0) is 48.4 Å². The van der Waals surface area contributed by atoms with Crippen LogP contribution >= 0.6 is 0 Å². The van der Waals surface area contributed by atoms with E-state index in [0.29, 0.717) is 43.3 Å². The molecule has 2 aliphatic heterocycles. The molecule has 4 rings (SSSR count). The molecule has 0 aliphatic carbocycles. The summed E-state index contributed by atoms with van der Waals surface area (Å²) in [5.74, 6) is -0.877. The minimum absolute atomic E-state index is 0.00711. The molecule has 2 aromatic rings. The van der Waals surface area contributed by atoms with Crippen LogP contribution in [0.15, 0.2) is 53.4 Å². The highest BCUT2D eigenvalue weighted by molar-refractivity contribution is 7.90. The summed E-state index contributed by atoms with van der Waals surface area (Å²) in [6.07, 6.45) is 2.19. The van der Waals surface area contributed by atoms with E-state index in [2.05, 4.69) is 4.90 Å². The fourth-order valence-electron chi connectivity index (χ4n) is 4.45. The highest BCUT2D eigenvalue weighted by Crippen LogP contribution is 2.27. The summed E-state index contributed by atoms with van der Waals surface area (Å²) < 4.78 is 36.5. The van der Waals surface area contributed by atoms with Crippen LogP contribution in [0.3, 0.4) is 0 Å². The van der Waals surface area contributed by atoms with Gasteiger partial charge in [0.25, 0.3) is 0 Å². The second kappa shape index (κ2) is 9.61. The summed E-state index contributed by atoms with van der Waals surface area (Å²) in [5.41, 5.74) is 1.64. The molecule has 0 radical (unpaired) electrons. The largest absolute Gasteiger partial charge is 0.341 e. The molecule has 0 spiro atoms. The minimum atomic E-state index is -3.21. The van der Waals surface area contributed by atoms with Gasteiger partial charge in [-0.2, -0.15) is 0 Å². The van der Waals surface area contributed by atoms with E-state index in [1.165, 1.54) is 18.4 Å². The first-order chi connectivity index (χ1) is 15.7. The van der Waals surface area contributed by atoms with E-state index < -0.39 is 15.8 Å². The maximum Gasteiger partial charge on any atom is 0.228 e. The van der Waals surface area contributed by atoms with Crippen LogP contribution in [0.25, 0.3) is 0 Å². The van der Waals surface area contributed by atoms with Crippen molar-refractivity contribution in [1.82, 2.24) is 9.80 Å². The highest BCUT2D eigenvalue weighted by atomic mass is 32.2. The number of benzene rings is 2. The average Bonchev–Trinajstić information content (AvgIpc) is 3.01. The third-order valence-corrected chi connectivity index (χ3v) is 7.40. The summed E-state index contributed by atoms with van der Waals surface area (Å²) in [5, 5.41) is 0. The van der Waals surface area contributed by atoms with E-state index in [9.17, 15) is 22.4 Å². The van der Waals surface area contributed by atoms with E-state index in [0.717, 1.165) is 18.5 Å². The van der Waals surface area contributed by atoms with Crippen LogP contribution in [0.4, 0.5) is 10.1 Å². The van der Waals surface area contributed by atoms with E-state index >= 15 is 0 Å². The Bertz CT molecular complexity index is 1120. The normalized spacial score (nSPS) is 20.2. The number of carbonyl (C=O) groups is 2. The first kappa shape index (κ1) is 23.4. The molecule has 9 heteroatoms. The zero-order valence-electron chi connectivity index (χ0n) is 18.6. The van der Waals surface area contributed by atoms with Crippen molar-refractivity contribution in [2.75, 3.05) is 43.9 Å². The van der Waals surface area contributed by atoms with E-state index in [1.54, 1.807) is 29.2 Å². The Morgan fingerprint density at radius 1 is 1.00 bits per heavy atom. The van der Waals surface area contributed by atoms with E-state index in [4.69, 9.17) is 0 Å². The van der Waals surface area contributed by atoms with Crippen LogP contribution in [0.2, 0.25) is 0 Å². The van der Waals surface area contributed by atoms with Gasteiger partial charge in [0.1, 0.15) is 5.82 Å². The minimum Gasteiger partial charge on any atom is -0.341 e. The average molecular weight is 474 g/mol. The number of hydrogen-bond acceptors (Lipinski definition) is 5. The monoisotopic (exact) mass is 473 g/mol. The first-order valence-corrected chi connectivity index (χ1v) is 13.0. The zero-order valence-corrected chi connectivity index (χ0v) is 19.4. The number of hydrogen-bond donors (Lipinski definition) is 0. The highest BCUT2D eigenvalue weighted by Gasteiger charge is 2.37. The van der Waals surface area contributed by atoms with Gasteiger partial charge in [0.15, 0.2) is 9.84 Å². The lowest BCUT2D eigenvalue weighted by Gasteiger charge is -2.24. The predicted molar refractivity (Wildman–Crippen MR) is 123 cm³/mol. The molecule has 1 unspecified atom stereocenters. The molecular weight excluding hydrogens is 445 g/mol. The maximum atomic E-state index is 13.2. The van der Waals surface area contributed by atoms with Crippen LogP contribution < -0.4 is 4.90 Å². The van der Waals surface area contributed by atoms with Crippen molar-refractivity contribution >= 4 is 27.3 Å². The number of sulfone groups is 1. The lowest BCUT2D eigenvalue weighted by atomic mass is 10.1. The van der Waals surface area contributed by atoms with Crippen molar-refractivity contribution in [3.63, 3.8) is 0 Å². The number of halogens is 1. The van der Waals surface area contributed by atoms with Crippen molar-refractivity contribution in [3.8, 4) is 0 Å². The molecule has 33 heavy (non-hydrogen) atoms. The van der Waals surface area contributed by atoms with Crippen LogP contribution in [-0.4, -0.2) is 69.0 Å². The van der Waals surface area contributed by atoms with Crippen molar-refractivity contribution in [1.29, 1.82) is 0 Å². The zero-order chi connectivity index (χ0) is 23.6. The summed E-state index contributed by atoms with van der Waals surface area (Å²) in [4.78, 5) is 31.6. The molecule has 2 heterocycles. The summed E-state index contributed by atoms with van der Waals surface area (Å²) in [7, 11) is -3.21. The van der Waals surface area contributed by atoms with Gasteiger partial charge in [-0.3, -0.25) is 14.5 Å². The molecule has 7 nitrogen and oxygen atoms in total. The second-order valence-electron chi connectivity index (χ2n) is 8.75. The molecule has 2 saturated heterocycles. The predicted octanol–water partition coefficient (Wildman–Crippen LogP) is 2.32. The van der Waals surface area contributed by atoms with Crippen LogP contribution in [0.1, 0.15) is 18.4 Å². The van der Waals surface area contributed by atoms with Crippen molar-refractivity contribution in [2.45, 2.75) is 24.3 Å². The van der Waals surface area contributed by atoms with Crippen molar-refractivity contribution in [3.05, 3.63) is 59.9 Å². The second-order valence-corrected chi connectivity index (χ2v) is 10.8. The van der Waals surface area contributed by atoms with Crippen molar-refractivity contribution < 1.29 is 22.4 Å². The van der Waals surface area contributed by atoms with Gasteiger partial charge < -0.3 is 9.80 Å². The van der Waals surface area contributed by atoms with Gasteiger partial charge in [0, 0.05) is 57.6 Å². The van der Waals surface area contributed by atoms with Crippen LogP contribution in [0.5, 0.6) is 0 Å². The van der Waals surface area contributed by atoms with Crippen LogP contribution in [0, 0.1) is 11.7 Å². The molecule has 0 saturated carbocycles. The molecule has 0 N–H and O–H groups in total. The lowest BCUT2D eigenvalue weighted by Crippen LogP contribution is -2.39. The topological polar surface area (TPSA) is 78.0 Å². The Balaban J connectivity index is 1.33. The SMILES string of the molecule is CS(=O)(=O)c1ccc(CN2CCCN(C(=O)C3CC(=O)N(c4ccc(F)cc4)C3)CC2)cc1. The Morgan fingerprint density at radius 2 is 1.70 bits per heavy atom. The van der Waals surface area contributed by atoms with Gasteiger partial charge >= 0.3 is 0 Å².